The Kier molecular flexibility index (Phi) is 5.47. The van der Waals surface area contributed by atoms with Gasteiger partial charge in [-0.3, -0.25) is 14.9 Å². The first-order chi connectivity index (χ1) is 9.54. The predicted octanol–water partition coefficient (Wildman–Crippen LogP) is 1.98. The van der Waals surface area contributed by atoms with Gasteiger partial charge in [-0.1, -0.05) is 0 Å². The van der Waals surface area contributed by atoms with Gasteiger partial charge in [0.25, 0.3) is 5.91 Å². The van der Waals surface area contributed by atoms with E-state index < -0.39 is 4.92 Å². The zero-order valence-corrected chi connectivity index (χ0v) is 11.3. The SMILES string of the molecule is CCN(CCC#N)C(=O)c1ccc(OC)c([N+](=O)[O-])c1. The molecule has 0 radical (unpaired) electrons. The van der Waals surface area contributed by atoms with Gasteiger partial charge in [-0.05, 0) is 19.1 Å². The molecule has 106 valence electrons. The predicted molar refractivity (Wildman–Crippen MR) is 71.5 cm³/mol. The lowest BCUT2D eigenvalue weighted by Crippen LogP contribution is -2.31. The summed E-state index contributed by atoms with van der Waals surface area (Å²) >= 11 is 0. The third kappa shape index (κ3) is 3.45. The molecule has 0 bridgehead atoms. The van der Waals surface area contributed by atoms with Crippen LogP contribution >= 0.6 is 0 Å². The Labute approximate surface area is 116 Å². The fraction of sp³-hybridized carbons (Fsp3) is 0.385. The third-order valence-corrected chi connectivity index (χ3v) is 2.78. The summed E-state index contributed by atoms with van der Waals surface area (Å²) in [6, 6.07) is 6.02. The summed E-state index contributed by atoms with van der Waals surface area (Å²) in [6.45, 7) is 2.51. The van der Waals surface area contributed by atoms with E-state index in [1.807, 2.05) is 6.07 Å². The maximum atomic E-state index is 12.2. The van der Waals surface area contributed by atoms with E-state index in [1.165, 1.54) is 30.2 Å². The molecule has 0 aliphatic carbocycles. The molecule has 1 aromatic carbocycles. The largest absolute Gasteiger partial charge is 0.490 e. The van der Waals surface area contributed by atoms with Crippen LogP contribution in [-0.4, -0.2) is 35.9 Å². The van der Waals surface area contributed by atoms with E-state index in [-0.39, 0.29) is 29.3 Å². The summed E-state index contributed by atoms with van der Waals surface area (Å²) in [7, 11) is 1.33. The van der Waals surface area contributed by atoms with E-state index in [0.29, 0.717) is 13.1 Å². The summed E-state index contributed by atoms with van der Waals surface area (Å²) in [5, 5.41) is 19.5. The van der Waals surface area contributed by atoms with Crippen LogP contribution in [0.15, 0.2) is 18.2 Å². The number of benzene rings is 1. The molecule has 0 fully saturated rings. The minimum atomic E-state index is -0.596. The van der Waals surface area contributed by atoms with Crippen LogP contribution in [0.3, 0.4) is 0 Å². The van der Waals surface area contributed by atoms with E-state index >= 15 is 0 Å². The molecule has 0 N–H and O–H groups in total. The minimum absolute atomic E-state index is 0.103. The van der Waals surface area contributed by atoms with Crippen molar-refractivity contribution in [3.8, 4) is 11.8 Å². The number of rotatable bonds is 6. The molecule has 1 aromatic rings. The number of carbonyl (C=O) groups excluding carboxylic acids is 1. The van der Waals surface area contributed by atoms with E-state index in [2.05, 4.69) is 0 Å². The monoisotopic (exact) mass is 277 g/mol. The number of methoxy groups -OCH3 is 1. The molecule has 0 aromatic heterocycles. The zero-order valence-electron chi connectivity index (χ0n) is 11.3. The number of carbonyl (C=O) groups is 1. The molecule has 1 rings (SSSR count). The normalized spacial score (nSPS) is 9.65. The Morgan fingerprint density at radius 2 is 2.25 bits per heavy atom. The number of amides is 1. The average Bonchev–Trinajstić information content (AvgIpc) is 2.46. The lowest BCUT2D eigenvalue weighted by Gasteiger charge is -2.19. The van der Waals surface area contributed by atoms with Crippen molar-refractivity contribution in [3.05, 3.63) is 33.9 Å². The van der Waals surface area contributed by atoms with Crippen LogP contribution in [0.4, 0.5) is 5.69 Å². The van der Waals surface area contributed by atoms with Crippen molar-refractivity contribution in [2.45, 2.75) is 13.3 Å². The first-order valence-corrected chi connectivity index (χ1v) is 6.03. The second-order valence-electron chi connectivity index (χ2n) is 3.94. The fourth-order valence-electron chi connectivity index (χ4n) is 1.74. The number of hydrogen-bond acceptors (Lipinski definition) is 5. The average molecular weight is 277 g/mol. The van der Waals surface area contributed by atoms with Gasteiger partial charge < -0.3 is 9.64 Å². The Morgan fingerprint density at radius 1 is 1.55 bits per heavy atom. The molecule has 7 nitrogen and oxygen atoms in total. The van der Waals surface area contributed by atoms with Gasteiger partial charge in [-0.2, -0.15) is 5.26 Å². The highest BCUT2D eigenvalue weighted by Crippen LogP contribution is 2.27. The summed E-state index contributed by atoms with van der Waals surface area (Å²) in [4.78, 5) is 24.0. The van der Waals surface area contributed by atoms with Crippen LogP contribution < -0.4 is 4.74 Å². The maximum absolute atomic E-state index is 12.2. The Bertz CT molecular complexity index is 551. The zero-order chi connectivity index (χ0) is 15.1. The summed E-state index contributed by atoms with van der Waals surface area (Å²) in [6.07, 6.45) is 0.220. The van der Waals surface area contributed by atoms with Crippen molar-refractivity contribution >= 4 is 11.6 Å². The number of nitro groups is 1. The highest BCUT2D eigenvalue weighted by molar-refractivity contribution is 5.95. The van der Waals surface area contributed by atoms with Crippen LogP contribution in [-0.2, 0) is 0 Å². The van der Waals surface area contributed by atoms with Gasteiger partial charge in [0.1, 0.15) is 0 Å². The van der Waals surface area contributed by atoms with Gasteiger partial charge >= 0.3 is 5.69 Å². The molecule has 0 atom stereocenters. The number of nitriles is 1. The summed E-state index contributed by atoms with van der Waals surface area (Å²) in [5.41, 5.74) is -0.0491. The number of nitro benzene ring substituents is 1. The summed E-state index contributed by atoms with van der Waals surface area (Å²) < 4.78 is 4.88. The van der Waals surface area contributed by atoms with Crippen molar-refractivity contribution in [1.29, 1.82) is 5.26 Å². The first-order valence-electron chi connectivity index (χ1n) is 6.03. The molecule has 20 heavy (non-hydrogen) atoms. The second kappa shape index (κ2) is 7.09. The second-order valence-corrected chi connectivity index (χ2v) is 3.94. The van der Waals surface area contributed by atoms with Crippen molar-refractivity contribution in [2.75, 3.05) is 20.2 Å². The Morgan fingerprint density at radius 3 is 2.75 bits per heavy atom. The van der Waals surface area contributed by atoms with E-state index in [0.717, 1.165) is 0 Å². The number of nitrogens with zero attached hydrogens (tertiary/aromatic N) is 3. The first kappa shape index (κ1) is 15.4. The lowest BCUT2D eigenvalue weighted by atomic mass is 10.1. The third-order valence-electron chi connectivity index (χ3n) is 2.78. The molecule has 0 aliphatic rings. The van der Waals surface area contributed by atoms with Gasteiger partial charge in [0, 0.05) is 24.7 Å². The summed E-state index contributed by atoms with van der Waals surface area (Å²) in [5.74, 6) is -0.236. The van der Waals surface area contributed by atoms with Gasteiger partial charge in [-0.15, -0.1) is 0 Å². The van der Waals surface area contributed by atoms with E-state index in [4.69, 9.17) is 10.00 Å². The standard InChI is InChI=1S/C13H15N3O4/c1-3-15(8-4-7-14)13(17)10-5-6-12(20-2)11(9-10)16(18)19/h5-6,9H,3-4,8H2,1-2H3. The molecule has 0 spiro atoms. The van der Waals surface area contributed by atoms with E-state index in [9.17, 15) is 14.9 Å². The molecule has 0 heterocycles. The number of hydrogen-bond donors (Lipinski definition) is 0. The minimum Gasteiger partial charge on any atom is -0.490 e. The molecule has 0 aliphatic heterocycles. The maximum Gasteiger partial charge on any atom is 0.311 e. The van der Waals surface area contributed by atoms with Gasteiger partial charge in [-0.25, -0.2) is 0 Å². The topological polar surface area (TPSA) is 96.5 Å². The Balaban J connectivity index is 3.07. The highest BCUT2D eigenvalue weighted by atomic mass is 16.6. The van der Waals surface area contributed by atoms with Crippen molar-refractivity contribution in [3.63, 3.8) is 0 Å². The molecular weight excluding hydrogens is 262 g/mol. The van der Waals surface area contributed by atoms with Crippen LogP contribution in [0.25, 0.3) is 0 Å². The molecule has 7 heteroatoms. The van der Waals surface area contributed by atoms with Crippen LogP contribution in [0.5, 0.6) is 5.75 Å². The van der Waals surface area contributed by atoms with Crippen molar-refractivity contribution < 1.29 is 14.5 Å². The number of ether oxygens (including phenoxy) is 1. The lowest BCUT2D eigenvalue weighted by molar-refractivity contribution is -0.385. The van der Waals surface area contributed by atoms with Crippen molar-refractivity contribution in [1.82, 2.24) is 4.90 Å². The van der Waals surface area contributed by atoms with Gasteiger partial charge in [0.15, 0.2) is 5.75 Å². The van der Waals surface area contributed by atoms with Crippen molar-refractivity contribution in [2.24, 2.45) is 0 Å². The molecule has 1 amide bonds. The van der Waals surface area contributed by atoms with Gasteiger partial charge in [0.05, 0.1) is 24.5 Å². The molecule has 0 saturated carbocycles. The van der Waals surface area contributed by atoms with Gasteiger partial charge in [0.2, 0.25) is 0 Å². The van der Waals surface area contributed by atoms with Crippen LogP contribution in [0, 0.1) is 21.4 Å². The highest BCUT2D eigenvalue weighted by Gasteiger charge is 2.20. The quantitative estimate of drug-likeness (QED) is 0.585. The molecule has 0 unspecified atom stereocenters. The fourth-order valence-corrected chi connectivity index (χ4v) is 1.74. The van der Waals surface area contributed by atoms with E-state index in [1.54, 1.807) is 6.92 Å². The van der Waals surface area contributed by atoms with Crippen LogP contribution in [0.2, 0.25) is 0 Å². The Hall–Kier alpha value is -2.62. The smallest absolute Gasteiger partial charge is 0.311 e. The molecule has 0 saturated heterocycles. The molecular formula is C13H15N3O4. The van der Waals surface area contributed by atoms with Crippen LogP contribution in [0.1, 0.15) is 23.7 Å².